The third-order valence-corrected chi connectivity index (χ3v) is 7.26. The Balaban J connectivity index is 1.16. The molecule has 3 N–H and O–H groups in total. The molecule has 3 fully saturated rings. The number of hydrogen-bond acceptors (Lipinski definition) is 4. The van der Waals surface area contributed by atoms with Crippen molar-refractivity contribution in [1.29, 1.82) is 0 Å². The molecule has 2 atom stereocenters. The van der Waals surface area contributed by atoms with Crippen LogP contribution < -0.4 is 5.73 Å². The average Bonchev–Trinajstić information content (AvgIpc) is 3.33. The highest BCUT2D eigenvalue weighted by molar-refractivity contribution is 5.77. The molecule has 1 amide bonds. The lowest BCUT2D eigenvalue weighted by molar-refractivity contribution is -0.133. The van der Waals surface area contributed by atoms with E-state index in [1.165, 1.54) is 12.8 Å². The van der Waals surface area contributed by atoms with Crippen LogP contribution in [0.3, 0.4) is 0 Å². The Hall–Kier alpha value is -1.92. The van der Waals surface area contributed by atoms with E-state index in [2.05, 4.69) is 26.9 Å². The number of likely N-dealkylation sites (tertiary alicyclic amines) is 2. The Morgan fingerprint density at radius 2 is 1.83 bits per heavy atom. The Morgan fingerprint density at radius 1 is 1.07 bits per heavy atom. The number of rotatable bonds is 6. The molecule has 6 heteroatoms. The fraction of sp³-hybridized carbons (Fsp3) is 0.652. The van der Waals surface area contributed by atoms with Crippen molar-refractivity contribution < 1.29 is 4.79 Å². The molecular formula is C23H33N5O. The number of fused-ring (bicyclic) bond motifs is 1. The van der Waals surface area contributed by atoms with Crippen molar-refractivity contribution in [2.24, 2.45) is 11.7 Å². The molecule has 1 aromatic carbocycles. The summed E-state index contributed by atoms with van der Waals surface area (Å²) in [6, 6.07) is 9.07. The number of carbonyl (C=O) groups is 1. The largest absolute Gasteiger partial charge is 0.343 e. The Kier molecular flexibility index (Phi) is 5.31. The van der Waals surface area contributed by atoms with E-state index < -0.39 is 0 Å². The van der Waals surface area contributed by atoms with Crippen LogP contribution in [0.2, 0.25) is 0 Å². The number of H-pyrrole nitrogens is 1. The van der Waals surface area contributed by atoms with Gasteiger partial charge in [-0.3, -0.25) is 9.69 Å². The monoisotopic (exact) mass is 395 g/mol. The SMILES string of the molecule is NC[C@H]1CC[C@@H](CC(=O)N2CCC(c3nc4ccccc4[nH]3)CC2)N1CC1CC1. The molecule has 2 aliphatic heterocycles. The van der Waals surface area contributed by atoms with Crippen LogP contribution in [0.5, 0.6) is 0 Å². The predicted molar refractivity (Wildman–Crippen MR) is 115 cm³/mol. The van der Waals surface area contributed by atoms with Gasteiger partial charge in [-0.2, -0.15) is 0 Å². The van der Waals surface area contributed by atoms with Crippen molar-refractivity contribution in [3.63, 3.8) is 0 Å². The second kappa shape index (κ2) is 8.07. The maximum atomic E-state index is 13.0. The number of hydrogen-bond donors (Lipinski definition) is 2. The zero-order valence-corrected chi connectivity index (χ0v) is 17.2. The van der Waals surface area contributed by atoms with Crippen LogP contribution in [0.1, 0.15) is 56.7 Å². The molecule has 6 nitrogen and oxygen atoms in total. The summed E-state index contributed by atoms with van der Waals surface area (Å²) in [6.45, 7) is 3.56. The van der Waals surface area contributed by atoms with E-state index in [-0.39, 0.29) is 0 Å². The number of imidazole rings is 1. The number of benzene rings is 1. The third-order valence-electron chi connectivity index (χ3n) is 7.26. The van der Waals surface area contributed by atoms with Crippen molar-refractivity contribution in [3.8, 4) is 0 Å². The second-order valence-corrected chi connectivity index (χ2v) is 9.26. The number of nitrogens with zero attached hydrogens (tertiary/aromatic N) is 3. The molecule has 0 radical (unpaired) electrons. The first-order valence-electron chi connectivity index (χ1n) is 11.4. The molecule has 1 aliphatic carbocycles. The normalized spacial score (nSPS) is 26.4. The number of aromatic amines is 1. The quantitative estimate of drug-likeness (QED) is 0.788. The molecule has 2 saturated heterocycles. The molecule has 156 valence electrons. The standard InChI is InChI=1S/C23H33N5O/c24-14-19-8-7-18(28(19)15-16-5-6-16)13-22(29)27-11-9-17(10-12-27)23-25-20-3-1-2-4-21(20)26-23/h1-4,16-19H,5-15,24H2,(H,25,26)/t18-,19+/m0/s1. The molecule has 5 rings (SSSR count). The van der Waals surface area contributed by atoms with Crippen LogP contribution in [-0.4, -0.2) is 63.9 Å². The molecule has 0 bridgehead atoms. The van der Waals surface area contributed by atoms with E-state index in [0.29, 0.717) is 30.3 Å². The van der Waals surface area contributed by atoms with E-state index in [1.807, 2.05) is 12.1 Å². The van der Waals surface area contributed by atoms with Crippen molar-refractivity contribution >= 4 is 16.9 Å². The molecular weight excluding hydrogens is 362 g/mol. The van der Waals surface area contributed by atoms with Gasteiger partial charge in [0.2, 0.25) is 5.91 Å². The van der Waals surface area contributed by atoms with Crippen molar-refractivity contribution in [2.75, 3.05) is 26.2 Å². The molecule has 0 spiro atoms. The topological polar surface area (TPSA) is 78.2 Å². The number of nitrogens with two attached hydrogens (primary N) is 1. The number of para-hydroxylation sites is 2. The van der Waals surface area contributed by atoms with E-state index in [0.717, 1.165) is 74.6 Å². The highest BCUT2D eigenvalue weighted by Crippen LogP contribution is 2.35. The minimum absolute atomic E-state index is 0.330. The summed E-state index contributed by atoms with van der Waals surface area (Å²) in [5, 5.41) is 0. The summed E-state index contributed by atoms with van der Waals surface area (Å²) in [7, 11) is 0. The minimum Gasteiger partial charge on any atom is -0.343 e. The highest BCUT2D eigenvalue weighted by Gasteiger charge is 2.38. The van der Waals surface area contributed by atoms with Crippen LogP contribution in [0.15, 0.2) is 24.3 Å². The van der Waals surface area contributed by atoms with Gasteiger partial charge in [0.1, 0.15) is 5.82 Å². The fourth-order valence-corrected chi connectivity index (χ4v) is 5.28. The van der Waals surface area contributed by atoms with Crippen LogP contribution in [0, 0.1) is 5.92 Å². The zero-order chi connectivity index (χ0) is 19.8. The number of amides is 1. The van der Waals surface area contributed by atoms with E-state index in [4.69, 9.17) is 10.7 Å². The third kappa shape index (κ3) is 4.05. The van der Waals surface area contributed by atoms with Gasteiger partial charge in [0.25, 0.3) is 0 Å². The van der Waals surface area contributed by atoms with Crippen LogP contribution in [-0.2, 0) is 4.79 Å². The average molecular weight is 396 g/mol. The number of nitrogens with one attached hydrogen (secondary N) is 1. The molecule has 3 aliphatic rings. The van der Waals surface area contributed by atoms with Crippen LogP contribution in [0.25, 0.3) is 11.0 Å². The van der Waals surface area contributed by atoms with Gasteiger partial charge in [-0.05, 0) is 56.6 Å². The summed E-state index contributed by atoms with van der Waals surface area (Å²) in [4.78, 5) is 25.9. The summed E-state index contributed by atoms with van der Waals surface area (Å²) >= 11 is 0. The molecule has 2 aromatic rings. The first-order chi connectivity index (χ1) is 14.2. The second-order valence-electron chi connectivity index (χ2n) is 9.26. The van der Waals surface area contributed by atoms with E-state index >= 15 is 0 Å². The minimum atomic E-state index is 0.330. The number of aromatic nitrogens is 2. The summed E-state index contributed by atoms with van der Waals surface area (Å²) < 4.78 is 0. The van der Waals surface area contributed by atoms with Gasteiger partial charge in [0.05, 0.1) is 11.0 Å². The molecule has 3 heterocycles. The summed E-state index contributed by atoms with van der Waals surface area (Å²) in [5.74, 6) is 2.68. The Morgan fingerprint density at radius 3 is 2.55 bits per heavy atom. The number of piperidine rings is 1. The summed E-state index contributed by atoms with van der Waals surface area (Å²) in [5.41, 5.74) is 8.15. The first kappa shape index (κ1) is 19.1. The maximum absolute atomic E-state index is 13.0. The van der Waals surface area contributed by atoms with Crippen molar-refractivity contribution in [1.82, 2.24) is 19.8 Å². The first-order valence-corrected chi connectivity index (χ1v) is 11.4. The van der Waals surface area contributed by atoms with Crippen LogP contribution >= 0.6 is 0 Å². The number of carbonyl (C=O) groups excluding carboxylic acids is 1. The zero-order valence-electron chi connectivity index (χ0n) is 17.2. The predicted octanol–water partition coefficient (Wildman–Crippen LogP) is 2.86. The van der Waals surface area contributed by atoms with E-state index in [1.54, 1.807) is 0 Å². The lowest BCUT2D eigenvalue weighted by Crippen LogP contribution is -2.45. The van der Waals surface area contributed by atoms with Gasteiger partial charge in [-0.15, -0.1) is 0 Å². The maximum Gasteiger partial charge on any atom is 0.224 e. The van der Waals surface area contributed by atoms with Crippen molar-refractivity contribution in [2.45, 2.75) is 62.9 Å². The van der Waals surface area contributed by atoms with Gasteiger partial charge in [0, 0.05) is 50.6 Å². The highest BCUT2D eigenvalue weighted by atomic mass is 16.2. The smallest absolute Gasteiger partial charge is 0.224 e. The van der Waals surface area contributed by atoms with E-state index in [9.17, 15) is 4.79 Å². The molecule has 1 saturated carbocycles. The van der Waals surface area contributed by atoms with Gasteiger partial charge >= 0.3 is 0 Å². The molecule has 0 unspecified atom stereocenters. The Labute approximate surface area is 172 Å². The van der Waals surface area contributed by atoms with Gasteiger partial charge in [0.15, 0.2) is 0 Å². The Bertz CT molecular complexity index is 819. The van der Waals surface area contributed by atoms with Crippen molar-refractivity contribution in [3.05, 3.63) is 30.1 Å². The lowest BCUT2D eigenvalue weighted by Gasteiger charge is -2.34. The summed E-state index contributed by atoms with van der Waals surface area (Å²) in [6.07, 6.45) is 7.62. The molecule has 1 aromatic heterocycles. The van der Waals surface area contributed by atoms with Gasteiger partial charge < -0.3 is 15.6 Å². The molecule has 29 heavy (non-hydrogen) atoms. The van der Waals surface area contributed by atoms with Crippen LogP contribution in [0.4, 0.5) is 0 Å². The fourth-order valence-electron chi connectivity index (χ4n) is 5.28. The lowest BCUT2D eigenvalue weighted by atomic mass is 9.95. The van der Waals surface area contributed by atoms with Gasteiger partial charge in [-0.25, -0.2) is 4.98 Å². The van der Waals surface area contributed by atoms with Gasteiger partial charge in [-0.1, -0.05) is 12.1 Å².